The van der Waals surface area contributed by atoms with Gasteiger partial charge in [0.25, 0.3) is 0 Å². The summed E-state index contributed by atoms with van der Waals surface area (Å²) in [6.07, 6.45) is 0. The minimum Gasteiger partial charge on any atom is -0.508 e. The zero-order valence-corrected chi connectivity index (χ0v) is 16.6. The third-order valence-electron chi connectivity index (χ3n) is 5.84. The maximum atomic E-state index is 10.4. The molecule has 1 atom stereocenters. The summed E-state index contributed by atoms with van der Waals surface area (Å²) in [4.78, 5) is 1.66. The molecule has 4 nitrogen and oxygen atoms in total. The van der Waals surface area contributed by atoms with Gasteiger partial charge in [-0.3, -0.25) is 0 Å². The van der Waals surface area contributed by atoms with E-state index < -0.39 is 0 Å². The van der Waals surface area contributed by atoms with Gasteiger partial charge in [-0.15, -0.1) is 0 Å². The molecule has 0 aliphatic rings. The Morgan fingerprint density at radius 3 is 2.08 bits per heavy atom. The first kappa shape index (κ1) is 18.4. The van der Waals surface area contributed by atoms with E-state index in [9.17, 15) is 5.11 Å². The molecule has 1 heterocycles. The molecule has 138 valence electrons. The van der Waals surface area contributed by atoms with Crippen LogP contribution in [-0.4, -0.2) is 20.1 Å². The molecule has 0 saturated heterocycles. The van der Waals surface area contributed by atoms with E-state index in [1.165, 1.54) is 5.56 Å². The van der Waals surface area contributed by atoms with E-state index in [2.05, 4.69) is 57.8 Å². The van der Waals surface area contributed by atoms with Crippen molar-refractivity contribution in [1.82, 2.24) is 15.0 Å². The second-order valence-corrected chi connectivity index (χ2v) is 8.87. The highest BCUT2D eigenvalue weighted by atomic mass is 16.3. The van der Waals surface area contributed by atoms with Gasteiger partial charge in [0.2, 0.25) is 0 Å². The Morgan fingerprint density at radius 2 is 1.54 bits per heavy atom. The van der Waals surface area contributed by atoms with Gasteiger partial charge in [-0.1, -0.05) is 59.7 Å². The van der Waals surface area contributed by atoms with Crippen molar-refractivity contribution in [2.24, 2.45) is 11.3 Å². The van der Waals surface area contributed by atoms with Crippen LogP contribution in [0.4, 0.5) is 0 Å². The molecule has 0 aliphatic heterocycles. The minimum absolute atomic E-state index is 0.0110. The van der Waals surface area contributed by atoms with Crippen molar-refractivity contribution in [1.29, 1.82) is 0 Å². The van der Waals surface area contributed by atoms with E-state index in [4.69, 9.17) is 0 Å². The summed E-state index contributed by atoms with van der Waals surface area (Å²) >= 11 is 0. The Labute approximate surface area is 155 Å². The Bertz CT molecular complexity index is 886. The SMILES string of the molecule is CC(C(C)(C)C)C(C)(C)c1ccc(O)c(Cn2nc3ccccc3n2)c1. The molecule has 26 heavy (non-hydrogen) atoms. The van der Waals surface area contributed by atoms with Gasteiger partial charge in [0.1, 0.15) is 16.8 Å². The van der Waals surface area contributed by atoms with Gasteiger partial charge in [-0.2, -0.15) is 15.0 Å². The number of benzene rings is 2. The molecule has 1 unspecified atom stereocenters. The normalized spacial score (nSPS) is 13.9. The molecule has 0 bridgehead atoms. The molecule has 4 heteroatoms. The van der Waals surface area contributed by atoms with Crippen LogP contribution in [0.5, 0.6) is 5.75 Å². The van der Waals surface area contributed by atoms with Crippen molar-refractivity contribution in [2.45, 2.75) is 53.5 Å². The van der Waals surface area contributed by atoms with Crippen LogP contribution >= 0.6 is 0 Å². The summed E-state index contributed by atoms with van der Waals surface area (Å²) in [6, 6.07) is 13.7. The molecule has 0 amide bonds. The summed E-state index contributed by atoms with van der Waals surface area (Å²) in [5.41, 5.74) is 3.99. The van der Waals surface area contributed by atoms with Gasteiger partial charge in [-0.05, 0) is 46.6 Å². The lowest BCUT2D eigenvalue weighted by Gasteiger charge is -2.41. The number of rotatable bonds is 4. The standard InChI is InChI=1S/C22H29N3O/c1-15(21(2,3)4)22(5,6)17-11-12-20(26)16(13-17)14-25-23-18-9-7-8-10-19(18)24-25/h7-13,15,26H,14H2,1-6H3. The third-order valence-corrected chi connectivity index (χ3v) is 5.84. The maximum absolute atomic E-state index is 10.4. The van der Waals surface area contributed by atoms with Crippen LogP contribution in [0.25, 0.3) is 11.0 Å². The molecule has 3 aromatic rings. The Balaban J connectivity index is 1.95. The zero-order chi connectivity index (χ0) is 19.1. The predicted octanol–water partition coefficient (Wildman–Crippen LogP) is 5.15. The molecular formula is C22H29N3O. The Hall–Kier alpha value is -2.36. The van der Waals surface area contributed by atoms with Crippen molar-refractivity contribution in [3.63, 3.8) is 0 Å². The van der Waals surface area contributed by atoms with Gasteiger partial charge in [0.05, 0.1) is 6.54 Å². The van der Waals surface area contributed by atoms with Crippen LogP contribution < -0.4 is 0 Å². The van der Waals surface area contributed by atoms with E-state index >= 15 is 0 Å². The van der Waals surface area contributed by atoms with E-state index in [1.807, 2.05) is 30.3 Å². The molecule has 0 radical (unpaired) electrons. The van der Waals surface area contributed by atoms with Crippen molar-refractivity contribution in [2.75, 3.05) is 0 Å². The zero-order valence-electron chi connectivity index (χ0n) is 16.6. The molecule has 0 aliphatic carbocycles. The van der Waals surface area contributed by atoms with Crippen LogP contribution in [0.1, 0.15) is 52.7 Å². The predicted molar refractivity (Wildman–Crippen MR) is 106 cm³/mol. The summed E-state index contributed by atoms with van der Waals surface area (Å²) in [5.74, 6) is 0.757. The minimum atomic E-state index is -0.0110. The average Bonchev–Trinajstić information content (AvgIpc) is 2.97. The maximum Gasteiger partial charge on any atom is 0.120 e. The average molecular weight is 351 g/mol. The van der Waals surface area contributed by atoms with Gasteiger partial charge >= 0.3 is 0 Å². The molecular weight excluding hydrogens is 322 g/mol. The largest absolute Gasteiger partial charge is 0.508 e. The fraction of sp³-hybridized carbons (Fsp3) is 0.455. The van der Waals surface area contributed by atoms with Crippen LogP contribution in [0.3, 0.4) is 0 Å². The summed E-state index contributed by atoms with van der Waals surface area (Å²) < 4.78 is 0. The van der Waals surface area contributed by atoms with Crippen LogP contribution in [0.15, 0.2) is 42.5 Å². The first-order valence-corrected chi connectivity index (χ1v) is 9.21. The molecule has 3 rings (SSSR count). The second kappa shape index (κ2) is 6.42. The lowest BCUT2D eigenvalue weighted by Crippen LogP contribution is -2.35. The first-order chi connectivity index (χ1) is 12.1. The highest BCUT2D eigenvalue weighted by Crippen LogP contribution is 2.42. The van der Waals surface area contributed by atoms with Gasteiger partial charge in [0, 0.05) is 5.56 Å². The number of hydrogen-bond acceptors (Lipinski definition) is 3. The monoisotopic (exact) mass is 351 g/mol. The Kier molecular flexibility index (Phi) is 4.55. The van der Waals surface area contributed by atoms with Crippen LogP contribution in [-0.2, 0) is 12.0 Å². The number of phenolic OH excluding ortho intramolecular Hbond substituents is 1. The second-order valence-electron chi connectivity index (χ2n) is 8.87. The van der Waals surface area contributed by atoms with Crippen molar-refractivity contribution in [3.05, 3.63) is 53.6 Å². The molecule has 2 aromatic carbocycles. The lowest BCUT2D eigenvalue weighted by molar-refractivity contribution is 0.166. The fourth-order valence-corrected chi connectivity index (χ4v) is 3.57. The topological polar surface area (TPSA) is 50.9 Å². The highest BCUT2D eigenvalue weighted by molar-refractivity contribution is 5.73. The Morgan fingerprint density at radius 1 is 0.962 bits per heavy atom. The van der Waals surface area contributed by atoms with Gasteiger partial charge in [0.15, 0.2) is 0 Å². The van der Waals surface area contributed by atoms with E-state index in [0.717, 1.165) is 16.6 Å². The number of aromatic hydroxyl groups is 1. The lowest BCUT2D eigenvalue weighted by atomic mass is 9.64. The number of hydrogen-bond donors (Lipinski definition) is 1. The summed E-state index contributed by atoms with van der Waals surface area (Å²) in [7, 11) is 0. The van der Waals surface area contributed by atoms with Gasteiger partial charge < -0.3 is 5.11 Å². The molecule has 1 N–H and O–H groups in total. The number of fused-ring (bicyclic) bond motifs is 1. The van der Waals surface area contributed by atoms with Crippen LogP contribution in [0.2, 0.25) is 0 Å². The van der Waals surface area contributed by atoms with E-state index in [0.29, 0.717) is 12.5 Å². The molecule has 0 spiro atoms. The third kappa shape index (κ3) is 3.46. The highest BCUT2D eigenvalue weighted by Gasteiger charge is 2.36. The summed E-state index contributed by atoms with van der Waals surface area (Å²) in [5, 5.41) is 19.4. The quantitative estimate of drug-likeness (QED) is 0.707. The fourth-order valence-electron chi connectivity index (χ4n) is 3.57. The molecule has 1 aromatic heterocycles. The number of aromatic nitrogens is 3. The van der Waals surface area contributed by atoms with E-state index in [1.54, 1.807) is 10.9 Å². The van der Waals surface area contributed by atoms with E-state index in [-0.39, 0.29) is 16.6 Å². The van der Waals surface area contributed by atoms with Crippen molar-refractivity contribution in [3.8, 4) is 5.75 Å². The van der Waals surface area contributed by atoms with Crippen molar-refractivity contribution >= 4 is 11.0 Å². The van der Waals surface area contributed by atoms with Crippen molar-refractivity contribution < 1.29 is 5.11 Å². The van der Waals surface area contributed by atoms with Gasteiger partial charge in [-0.25, -0.2) is 0 Å². The smallest absolute Gasteiger partial charge is 0.120 e. The number of nitrogens with zero attached hydrogens (tertiary/aromatic N) is 3. The molecule has 0 saturated carbocycles. The number of phenols is 1. The first-order valence-electron chi connectivity index (χ1n) is 9.21. The molecule has 0 fully saturated rings. The summed E-state index contributed by atoms with van der Waals surface area (Å²) in [6.45, 7) is 14.1. The van der Waals surface area contributed by atoms with Crippen LogP contribution in [0, 0.1) is 11.3 Å².